The fourth-order valence-corrected chi connectivity index (χ4v) is 6.41. The van der Waals surface area contributed by atoms with E-state index >= 15 is 0 Å². The molecule has 2 N–H and O–H groups in total. The maximum Gasteiger partial charge on any atom is 0.192 e. The van der Waals surface area contributed by atoms with Crippen molar-refractivity contribution < 1.29 is 18.6 Å². The van der Waals surface area contributed by atoms with Crippen LogP contribution in [0.5, 0.6) is 0 Å². The number of nitrogen functional groups attached to an aromatic ring is 1. The number of aromatic nitrogens is 4. The standard InChI is InChI=1S/C25H40N6O4Si/c1-24(2,3)36(7,8)35-16-10-9-15(11-16)30(6)12-17-19-20(34-25(4,5)33-19)23(32-17)31-14-29-18-21(26)27-13-28-22(18)31/h9-10,13-17,19-20,23H,11-12H2,1-8H3,(H2,26,27,28)/t15-,16+,17+,19+,20+,23+/m0/s1. The third-order valence-electron chi connectivity index (χ3n) is 8.09. The number of anilines is 1. The molecule has 10 nitrogen and oxygen atoms in total. The molecule has 2 aromatic heterocycles. The molecule has 198 valence electrons. The molecular formula is C25H40N6O4Si. The van der Waals surface area contributed by atoms with E-state index in [9.17, 15) is 0 Å². The van der Waals surface area contributed by atoms with Gasteiger partial charge >= 0.3 is 0 Å². The van der Waals surface area contributed by atoms with E-state index in [0.717, 1.165) is 6.42 Å². The lowest BCUT2D eigenvalue weighted by Crippen LogP contribution is -2.45. The third-order valence-corrected chi connectivity index (χ3v) is 12.6. The van der Waals surface area contributed by atoms with Crippen LogP contribution in [0.2, 0.25) is 18.1 Å². The Bertz CT molecular complexity index is 1150. The Kier molecular flexibility index (Phi) is 6.33. The van der Waals surface area contributed by atoms with Crippen molar-refractivity contribution in [1.29, 1.82) is 0 Å². The molecule has 0 spiro atoms. The monoisotopic (exact) mass is 516 g/mol. The summed E-state index contributed by atoms with van der Waals surface area (Å²) in [6.07, 6.45) is 7.60. The number of nitrogens with two attached hydrogens (primary N) is 1. The Morgan fingerprint density at radius 1 is 1.17 bits per heavy atom. The first-order valence-corrected chi connectivity index (χ1v) is 15.7. The van der Waals surface area contributed by atoms with Crippen molar-refractivity contribution in [3.63, 3.8) is 0 Å². The van der Waals surface area contributed by atoms with E-state index in [2.05, 4.69) is 72.9 Å². The number of nitrogens with zero attached hydrogens (tertiary/aromatic N) is 5. The minimum Gasteiger partial charge on any atom is -0.410 e. The van der Waals surface area contributed by atoms with Crippen LogP contribution in [0.15, 0.2) is 24.8 Å². The van der Waals surface area contributed by atoms with Gasteiger partial charge in [0.1, 0.15) is 30.2 Å². The number of fused-ring (bicyclic) bond motifs is 2. The van der Waals surface area contributed by atoms with Gasteiger partial charge < -0.3 is 24.4 Å². The minimum atomic E-state index is -1.83. The lowest BCUT2D eigenvalue weighted by atomic mass is 10.1. The maximum absolute atomic E-state index is 6.64. The molecule has 2 aromatic rings. The largest absolute Gasteiger partial charge is 0.410 e. The lowest BCUT2D eigenvalue weighted by Gasteiger charge is -2.38. The SMILES string of the molecule is CN(C[C@H]1O[C@@H](n2cnc3c(N)ncnc32)[C@@H]2OC(C)(C)O[C@@H]21)[C@H]1C=C[C@@H](O[Si](C)(C)C(C)(C)C)C1. The zero-order chi connectivity index (χ0) is 26.0. The van der Waals surface area contributed by atoms with Crippen LogP contribution in [0.1, 0.15) is 47.3 Å². The molecule has 3 aliphatic rings. The van der Waals surface area contributed by atoms with E-state index in [1.54, 1.807) is 6.33 Å². The van der Waals surface area contributed by atoms with Crippen LogP contribution < -0.4 is 5.73 Å². The van der Waals surface area contributed by atoms with Crippen molar-refractivity contribution in [1.82, 2.24) is 24.4 Å². The molecule has 4 heterocycles. The average molecular weight is 517 g/mol. The van der Waals surface area contributed by atoms with E-state index in [0.29, 0.717) is 23.5 Å². The Morgan fingerprint density at radius 2 is 1.89 bits per heavy atom. The summed E-state index contributed by atoms with van der Waals surface area (Å²) >= 11 is 0. The van der Waals surface area contributed by atoms with Gasteiger partial charge in [-0.2, -0.15) is 0 Å². The normalized spacial score (nSPS) is 32.1. The van der Waals surface area contributed by atoms with Crippen molar-refractivity contribution in [3.05, 3.63) is 24.8 Å². The molecule has 0 aromatic carbocycles. The number of imidazole rings is 1. The highest BCUT2D eigenvalue weighted by molar-refractivity contribution is 6.74. The predicted octanol–water partition coefficient (Wildman–Crippen LogP) is 3.48. The quantitative estimate of drug-likeness (QED) is 0.456. The Hall–Kier alpha value is -1.89. The number of hydrogen-bond acceptors (Lipinski definition) is 9. The minimum absolute atomic E-state index is 0.149. The number of likely N-dealkylation sites (N-methyl/N-ethyl adjacent to an activating group) is 1. The fourth-order valence-electron chi connectivity index (χ4n) is 5.12. The number of rotatable bonds is 6. The van der Waals surface area contributed by atoms with Crippen LogP contribution in [-0.2, 0) is 18.6 Å². The third kappa shape index (κ3) is 4.61. The molecule has 11 heteroatoms. The zero-order valence-corrected chi connectivity index (χ0v) is 23.6. The molecule has 0 amide bonds. The van der Waals surface area contributed by atoms with Gasteiger partial charge in [0.25, 0.3) is 0 Å². The van der Waals surface area contributed by atoms with Gasteiger partial charge in [-0.05, 0) is 45.4 Å². The molecule has 0 bridgehead atoms. The van der Waals surface area contributed by atoms with Gasteiger partial charge in [0.05, 0.1) is 12.4 Å². The van der Waals surface area contributed by atoms with Crippen molar-refractivity contribution in [2.75, 3.05) is 19.3 Å². The van der Waals surface area contributed by atoms with Gasteiger partial charge in [0.15, 0.2) is 31.8 Å². The van der Waals surface area contributed by atoms with Crippen molar-refractivity contribution in [2.45, 2.75) is 102 Å². The highest BCUT2D eigenvalue weighted by atomic mass is 28.4. The van der Waals surface area contributed by atoms with E-state index in [4.69, 9.17) is 24.4 Å². The summed E-state index contributed by atoms with van der Waals surface area (Å²) in [5.41, 5.74) is 7.19. The summed E-state index contributed by atoms with van der Waals surface area (Å²) in [6.45, 7) is 16.0. The summed E-state index contributed by atoms with van der Waals surface area (Å²) in [4.78, 5) is 15.2. The molecule has 2 saturated heterocycles. The van der Waals surface area contributed by atoms with Crippen LogP contribution in [0.4, 0.5) is 5.82 Å². The number of ether oxygens (including phenoxy) is 3. The molecule has 5 rings (SSSR count). The summed E-state index contributed by atoms with van der Waals surface area (Å²) < 4.78 is 27.8. The van der Waals surface area contributed by atoms with Crippen LogP contribution in [0.25, 0.3) is 11.2 Å². The van der Waals surface area contributed by atoms with Gasteiger partial charge in [-0.1, -0.05) is 32.9 Å². The Morgan fingerprint density at radius 3 is 2.61 bits per heavy atom. The summed E-state index contributed by atoms with van der Waals surface area (Å²) in [5, 5.41) is 0.187. The lowest BCUT2D eigenvalue weighted by molar-refractivity contribution is -0.198. The molecule has 36 heavy (non-hydrogen) atoms. The van der Waals surface area contributed by atoms with Gasteiger partial charge in [-0.25, -0.2) is 15.0 Å². The van der Waals surface area contributed by atoms with Gasteiger partial charge in [-0.15, -0.1) is 0 Å². The zero-order valence-electron chi connectivity index (χ0n) is 22.6. The fraction of sp³-hybridized carbons (Fsp3) is 0.720. The van der Waals surface area contributed by atoms with Crippen molar-refractivity contribution >= 4 is 25.3 Å². The maximum atomic E-state index is 6.64. The Balaban J connectivity index is 1.30. The van der Waals surface area contributed by atoms with Gasteiger partial charge in [-0.3, -0.25) is 9.47 Å². The topological polar surface area (TPSA) is 110 Å². The summed E-state index contributed by atoms with van der Waals surface area (Å²) in [5.74, 6) is -0.357. The summed E-state index contributed by atoms with van der Waals surface area (Å²) in [6, 6.07) is 0.276. The molecule has 2 aliphatic heterocycles. The van der Waals surface area contributed by atoms with Crippen molar-refractivity contribution in [2.24, 2.45) is 0 Å². The second-order valence-electron chi connectivity index (χ2n) is 12.3. The van der Waals surface area contributed by atoms with E-state index < -0.39 is 20.3 Å². The second kappa shape index (κ2) is 8.85. The van der Waals surface area contributed by atoms with E-state index in [-0.39, 0.29) is 35.5 Å². The predicted molar refractivity (Wildman–Crippen MR) is 140 cm³/mol. The molecule has 0 unspecified atom stereocenters. The van der Waals surface area contributed by atoms with Gasteiger partial charge in [0.2, 0.25) is 0 Å². The molecule has 6 atom stereocenters. The summed E-state index contributed by atoms with van der Waals surface area (Å²) in [7, 11) is 0.307. The Labute approximate surface area is 214 Å². The van der Waals surface area contributed by atoms with Crippen molar-refractivity contribution in [3.8, 4) is 0 Å². The van der Waals surface area contributed by atoms with Gasteiger partial charge in [0, 0.05) is 12.6 Å². The van der Waals surface area contributed by atoms with Crippen LogP contribution in [-0.4, -0.2) is 82.6 Å². The first-order chi connectivity index (χ1) is 16.8. The highest BCUT2D eigenvalue weighted by Crippen LogP contribution is 2.44. The van der Waals surface area contributed by atoms with Crippen LogP contribution >= 0.6 is 0 Å². The smallest absolute Gasteiger partial charge is 0.192 e. The molecule has 0 saturated carbocycles. The first-order valence-electron chi connectivity index (χ1n) is 12.8. The molecule has 1 aliphatic carbocycles. The van der Waals surface area contributed by atoms with E-state index in [1.165, 1.54) is 6.33 Å². The molecule has 2 fully saturated rings. The number of hydrogen-bond donors (Lipinski definition) is 1. The van der Waals surface area contributed by atoms with Crippen LogP contribution in [0, 0.1) is 0 Å². The molecular weight excluding hydrogens is 476 g/mol. The molecule has 0 radical (unpaired) electrons. The van der Waals surface area contributed by atoms with E-state index in [1.807, 2.05) is 18.4 Å². The van der Waals surface area contributed by atoms with Crippen LogP contribution in [0.3, 0.4) is 0 Å². The first kappa shape index (κ1) is 25.7. The second-order valence-corrected chi connectivity index (χ2v) is 17.0. The average Bonchev–Trinajstić information content (AvgIpc) is 3.51. The highest BCUT2D eigenvalue weighted by Gasteiger charge is 2.56.